The second-order valence-electron chi connectivity index (χ2n) is 3.05. The van der Waals surface area contributed by atoms with E-state index in [1.165, 1.54) is 6.08 Å². The Kier molecular flexibility index (Phi) is 10.7. The first kappa shape index (κ1) is 15.5. The monoisotopic (exact) mass is 246 g/mol. The standard InChI is InChI=1S/C11H22O4Si/c1-4-13-11(14-5-2)7-6-10(12)8-9-15-16-3/h6-7,11H,4-5,8-9,16H2,1-3H3. The molecule has 0 aliphatic rings. The molecule has 0 N–H and O–H groups in total. The Bertz CT molecular complexity index is 200. The van der Waals surface area contributed by atoms with Gasteiger partial charge in [-0.1, -0.05) is 6.55 Å². The van der Waals surface area contributed by atoms with Gasteiger partial charge in [-0.2, -0.15) is 0 Å². The number of rotatable bonds is 10. The van der Waals surface area contributed by atoms with Crippen LogP contribution in [0.4, 0.5) is 0 Å². The van der Waals surface area contributed by atoms with Crippen molar-refractivity contribution in [3.05, 3.63) is 12.2 Å². The van der Waals surface area contributed by atoms with Gasteiger partial charge >= 0.3 is 0 Å². The van der Waals surface area contributed by atoms with Crippen LogP contribution in [-0.4, -0.2) is 41.7 Å². The predicted octanol–water partition coefficient (Wildman–Crippen LogP) is 1.05. The summed E-state index contributed by atoms with van der Waals surface area (Å²) in [6.45, 7) is 7.48. The molecule has 0 saturated carbocycles. The van der Waals surface area contributed by atoms with Gasteiger partial charge in [0.15, 0.2) is 21.8 Å². The Balaban J connectivity index is 3.86. The number of hydrogen-bond acceptors (Lipinski definition) is 4. The highest BCUT2D eigenvalue weighted by Crippen LogP contribution is 1.98. The van der Waals surface area contributed by atoms with Crippen LogP contribution in [0.2, 0.25) is 6.55 Å². The molecular formula is C11H22O4Si. The van der Waals surface area contributed by atoms with Crippen molar-refractivity contribution >= 4 is 15.5 Å². The summed E-state index contributed by atoms with van der Waals surface area (Å²) < 4.78 is 15.8. The molecule has 0 heterocycles. The molecule has 0 aliphatic carbocycles. The largest absolute Gasteiger partial charge is 0.424 e. The normalized spacial score (nSPS) is 12.2. The summed E-state index contributed by atoms with van der Waals surface area (Å²) in [5.41, 5.74) is 0. The Morgan fingerprint density at radius 3 is 2.44 bits per heavy atom. The Hall–Kier alpha value is -0.493. The highest BCUT2D eigenvalue weighted by atomic mass is 28.2. The van der Waals surface area contributed by atoms with Crippen LogP contribution in [0, 0.1) is 0 Å². The lowest BCUT2D eigenvalue weighted by atomic mass is 10.3. The minimum atomic E-state index is -0.416. The van der Waals surface area contributed by atoms with Crippen molar-refractivity contribution in [2.75, 3.05) is 19.8 Å². The van der Waals surface area contributed by atoms with Crippen molar-refractivity contribution in [2.45, 2.75) is 33.1 Å². The van der Waals surface area contributed by atoms with E-state index in [9.17, 15) is 4.79 Å². The minimum absolute atomic E-state index is 0.0480. The topological polar surface area (TPSA) is 44.8 Å². The maximum absolute atomic E-state index is 11.4. The molecule has 0 amide bonds. The van der Waals surface area contributed by atoms with Crippen LogP contribution >= 0.6 is 0 Å². The van der Waals surface area contributed by atoms with Crippen molar-refractivity contribution in [1.29, 1.82) is 0 Å². The maximum atomic E-state index is 11.4. The van der Waals surface area contributed by atoms with Crippen molar-refractivity contribution in [1.82, 2.24) is 0 Å². The smallest absolute Gasteiger partial charge is 0.177 e. The average Bonchev–Trinajstić information content (AvgIpc) is 2.27. The van der Waals surface area contributed by atoms with Crippen molar-refractivity contribution in [2.24, 2.45) is 0 Å². The van der Waals surface area contributed by atoms with Gasteiger partial charge in [0.2, 0.25) is 0 Å². The molecule has 0 aliphatic heterocycles. The SMILES string of the molecule is CCOC(C=CC(=O)CCO[SiH2]C)OCC. The zero-order valence-corrected chi connectivity index (χ0v) is 11.8. The van der Waals surface area contributed by atoms with Crippen LogP contribution in [0.1, 0.15) is 20.3 Å². The summed E-state index contributed by atoms with van der Waals surface area (Å²) in [4.78, 5) is 11.4. The van der Waals surface area contributed by atoms with E-state index in [2.05, 4.69) is 0 Å². The Labute approximate surface area is 99.9 Å². The van der Waals surface area contributed by atoms with Gasteiger partial charge in [-0.15, -0.1) is 0 Å². The van der Waals surface area contributed by atoms with Crippen molar-refractivity contribution in [3.8, 4) is 0 Å². The predicted molar refractivity (Wildman–Crippen MR) is 66.2 cm³/mol. The lowest BCUT2D eigenvalue weighted by Gasteiger charge is -2.11. The number of carbonyl (C=O) groups is 1. The Morgan fingerprint density at radius 1 is 1.31 bits per heavy atom. The maximum Gasteiger partial charge on any atom is 0.177 e. The minimum Gasteiger partial charge on any atom is -0.424 e. The fourth-order valence-corrected chi connectivity index (χ4v) is 1.51. The summed E-state index contributed by atoms with van der Waals surface area (Å²) in [5.74, 6) is 0.0480. The van der Waals surface area contributed by atoms with Crippen LogP contribution in [0.15, 0.2) is 12.2 Å². The Morgan fingerprint density at radius 2 is 1.94 bits per heavy atom. The van der Waals surface area contributed by atoms with Crippen LogP contribution in [0.5, 0.6) is 0 Å². The van der Waals surface area contributed by atoms with E-state index in [0.717, 1.165) is 0 Å². The molecule has 0 radical (unpaired) electrons. The third-order valence-electron chi connectivity index (χ3n) is 1.80. The molecule has 4 nitrogen and oxygen atoms in total. The molecule has 0 bridgehead atoms. The fourth-order valence-electron chi connectivity index (χ4n) is 1.07. The molecule has 0 rings (SSSR count). The van der Waals surface area contributed by atoms with E-state index in [0.29, 0.717) is 26.2 Å². The van der Waals surface area contributed by atoms with Gasteiger partial charge in [-0.05, 0) is 26.0 Å². The molecule has 5 heteroatoms. The molecule has 0 atom stereocenters. The van der Waals surface area contributed by atoms with Gasteiger partial charge in [-0.25, -0.2) is 0 Å². The molecule has 16 heavy (non-hydrogen) atoms. The van der Waals surface area contributed by atoms with Gasteiger partial charge in [0.05, 0.1) is 0 Å². The molecule has 0 aromatic carbocycles. The van der Waals surface area contributed by atoms with Gasteiger partial charge in [0.1, 0.15) is 0 Å². The van der Waals surface area contributed by atoms with Crippen molar-refractivity contribution in [3.63, 3.8) is 0 Å². The highest BCUT2D eigenvalue weighted by molar-refractivity contribution is 6.24. The molecule has 0 aromatic rings. The second-order valence-corrected chi connectivity index (χ2v) is 4.04. The molecular weight excluding hydrogens is 224 g/mol. The molecule has 0 unspecified atom stereocenters. The molecule has 94 valence electrons. The number of ether oxygens (including phenoxy) is 2. The third kappa shape index (κ3) is 8.79. The van der Waals surface area contributed by atoms with E-state index < -0.39 is 16.1 Å². The van der Waals surface area contributed by atoms with Crippen molar-refractivity contribution < 1.29 is 18.7 Å². The molecule has 0 spiro atoms. The van der Waals surface area contributed by atoms with Crippen LogP contribution in [0.25, 0.3) is 0 Å². The van der Waals surface area contributed by atoms with Crippen LogP contribution in [-0.2, 0) is 18.7 Å². The number of carbonyl (C=O) groups excluding carboxylic acids is 1. The summed E-state index contributed by atoms with van der Waals surface area (Å²) in [7, 11) is -0.400. The van der Waals surface area contributed by atoms with Crippen LogP contribution < -0.4 is 0 Å². The zero-order valence-electron chi connectivity index (χ0n) is 10.4. The number of allylic oxidation sites excluding steroid dienone is 1. The van der Waals surface area contributed by atoms with E-state index in [1.54, 1.807) is 6.08 Å². The summed E-state index contributed by atoms with van der Waals surface area (Å²) in [5, 5.41) is 0. The van der Waals surface area contributed by atoms with Gasteiger partial charge < -0.3 is 13.9 Å². The number of ketones is 1. The van der Waals surface area contributed by atoms with Gasteiger partial charge in [0, 0.05) is 26.2 Å². The highest BCUT2D eigenvalue weighted by Gasteiger charge is 2.03. The van der Waals surface area contributed by atoms with E-state index >= 15 is 0 Å². The van der Waals surface area contributed by atoms with Crippen LogP contribution in [0.3, 0.4) is 0 Å². The van der Waals surface area contributed by atoms with Gasteiger partial charge in [-0.3, -0.25) is 4.79 Å². The summed E-state index contributed by atoms with van der Waals surface area (Å²) >= 11 is 0. The second kappa shape index (κ2) is 11.0. The van der Waals surface area contributed by atoms with Gasteiger partial charge in [0.25, 0.3) is 0 Å². The summed E-state index contributed by atoms with van der Waals surface area (Å²) in [6.07, 6.45) is 3.18. The molecule has 0 fully saturated rings. The average molecular weight is 246 g/mol. The first-order valence-electron chi connectivity index (χ1n) is 5.76. The van der Waals surface area contributed by atoms with E-state index in [4.69, 9.17) is 13.9 Å². The fraction of sp³-hybridized carbons (Fsp3) is 0.727. The lowest BCUT2D eigenvalue weighted by molar-refractivity contribution is -0.116. The third-order valence-corrected chi connectivity index (χ3v) is 2.49. The number of hydrogen-bond donors (Lipinski definition) is 0. The van der Waals surface area contributed by atoms with E-state index in [-0.39, 0.29) is 5.78 Å². The molecule has 0 saturated heterocycles. The molecule has 0 aromatic heterocycles. The lowest BCUT2D eigenvalue weighted by Crippen LogP contribution is -2.15. The summed E-state index contributed by atoms with van der Waals surface area (Å²) in [6, 6.07) is 0. The van der Waals surface area contributed by atoms with E-state index in [1.807, 2.05) is 20.4 Å². The first-order valence-corrected chi connectivity index (χ1v) is 7.75. The quantitative estimate of drug-likeness (QED) is 0.250. The first-order chi connectivity index (χ1) is 7.74. The zero-order chi connectivity index (χ0) is 12.2.